The minimum Gasteiger partial charge on any atom is -0.496 e. The lowest BCUT2D eigenvalue weighted by Gasteiger charge is -2.11. The molecule has 0 unspecified atom stereocenters. The normalized spacial score (nSPS) is 10.3. The van der Waals surface area contributed by atoms with Crippen LogP contribution in [0.15, 0.2) is 78.9 Å². The summed E-state index contributed by atoms with van der Waals surface area (Å²) in [6.45, 7) is -0.334. The van der Waals surface area contributed by atoms with Gasteiger partial charge in [0.25, 0.3) is 0 Å². The van der Waals surface area contributed by atoms with Gasteiger partial charge in [-0.3, -0.25) is 4.79 Å². The molecule has 0 saturated carbocycles. The van der Waals surface area contributed by atoms with Crippen molar-refractivity contribution in [1.82, 2.24) is 0 Å². The van der Waals surface area contributed by atoms with E-state index in [-0.39, 0.29) is 12.4 Å². The SMILES string of the molecule is COc1ccccc1C(=O)COC(=O)c1ccccc1Cc1ccccc1. The van der Waals surface area contributed by atoms with Crippen LogP contribution >= 0.6 is 0 Å². The first-order valence-corrected chi connectivity index (χ1v) is 8.64. The topological polar surface area (TPSA) is 52.6 Å². The maximum absolute atomic E-state index is 12.5. The molecular weight excluding hydrogens is 340 g/mol. The van der Waals surface area contributed by atoms with E-state index in [9.17, 15) is 9.59 Å². The van der Waals surface area contributed by atoms with Gasteiger partial charge in [-0.25, -0.2) is 4.79 Å². The molecule has 0 spiro atoms. The molecule has 3 rings (SSSR count). The monoisotopic (exact) mass is 360 g/mol. The van der Waals surface area contributed by atoms with E-state index < -0.39 is 5.97 Å². The fourth-order valence-electron chi connectivity index (χ4n) is 2.85. The van der Waals surface area contributed by atoms with Crippen LogP contribution < -0.4 is 4.74 Å². The van der Waals surface area contributed by atoms with Gasteiger partial charge in [0.15, 0.2) is 6.61 Å². The van der Waals surface area contributed by atoms with Crippen molar-refractivity contribution in [3.8, 4) is 5.75 Å². The molecule has 27 heavy (non-hydrogen) atoms. The summed E-state index contributed by atoms with van der Waals surface area (Å²) < 4.78 is 10.5. The van der Waals surface area contributed by atoms with E-state index in [4.69, 9.17) is 9.47 Å². The average Bonchev–Trinajstić information content (AvgIpc) is 2.73. The molecular formula is C23H20O4. The van der Waals surface area contributed by atoms with Crippen LogP contribution in [-0.2, 0) is 11.2 Å². The molecule has 4 nitrogen and oxygen atoms in total. The van der Waals surface area contributed by atoms with E-state index in [1.807, 2.05) is 42.5 Å². The van der Waals surface area contributed by atoms with Gasteiger partial charge in [-0.2, -0.15) is 0 Å². The molecule has 0 fully saturated rings. The van der Waals surface area contributed by atoms with Crippen molar-refractivity contribution in [2.75, 3.05) is 13.7 Å². The lowest BCUT2D eigenvalue weighted by molar-refractivity contribution is 0.0473. The minimum atomic E-state index is -0.509. The molecule has 136 valence electrons. The van der Waals surface area contributed by atoms with Gasteiger partial charge >= 0.3 is 5.97 Å². The molecule has 3 aromatic carbocycles. The molecule has 0 amide bonds. The highest BCUT2D eigenvalue weighted by Crippen LogP contribution is 2.19. The number of ketones is 1. The Morgan fingerprint density at radius 1 is 0.778 bits per heavy atom. The number of benzene rings is 3. The van der Waals surface area contributed by atoms with Crippen LogP contribution in [0.4, 0.5) is 0 Å². The van der Waals surface area contributed by atoms with Crippen LogP contribution in [0.2, 0.25) is 0 Å². The third-order valence-electron chi connectivity index (χ3n) is 4.22. The van der Waals surface area contributed by atoms with Crippen molar-refractivity contribution in [2.45, 2.75) is 6.42 Å². The van der Waals surface area contributed by atoms with Gasteiger partial charge in [0.1, 0.15) is 5.75 Å². The standard InChI is InChI=1S/C23H20O4/c1-26-22-14-8-7-13-20(22)21(24)16-27-23(25)19-12-6-5-11-18(19)15-17-9-3-2-4-10-17/h2-14H,15-16H2,1H3. The van der Waals surface area contributed by atoms with Gasteiger partial charge in [0.05, 0.1) is 18.2 Å². The van der Waals surface area contributed by atoms with Crippen LogP contribution in [0.1, 0.15) is 31.8 Å². The van der Waals surface area contributed by atoms with Crippen LogP contribution in [0.25, 0.3) is 0 Å². The van der Waals surface area contributed by atoms with Gasteiger partial charge < -0.3 is 9.47 Å². The minimum absolute atomic E-state index is 0.304. The van der Waals surface area contributed by atoms with Gasteiger partial charge in [0.2, 0.25) is 5.78 Å². The molecule has 0 atom stereocenters. The molecule has 3 aromatic rings. The van der Waals surface area contributed by atoms with Crippen LogP contribution in [0.5, 0.6) is 5.75 Å². The van der Waals surface area contributed by atoms with Gasteiger partial charge in [-0.15, -0.1) is 0 Å². The highest BCUT2D eigenvalue weighted by molar-refractivity contribution is 6.01. The third-order valence-corrected chi connectivity index (χ3v) is 4.22. The zero-order chi connectivity index (χ0) is 19.1. The molecule has 0 aliphatic carbocycles. The van der Waals surface area contributed by atoms with Gasteiger partial charge in [0, 0.05) is 0 Å². The Labute approximate surface area is 158 Å². The predicted octanol–water partition coefficient (Wildman–Crippen LogP) is 4.33. The fourth-order valence-corrected chi connectivity index (χ4v) is 2.85. The first-order valence-electron chi connectivity index (χ1n) is 8.64. The maximum atomic E-state index is 12.5. The molecule has 0 aliphatic rings. The summed E-state index contributed by atoms with van der Waals surface area (Å²) in [6, 6.07) is 24.0. The summed E-state index contributed by atoms with van der Waals surface area (Å²) in [4.78, 5) is 24.9. The van der Waals surface area contributed by atoms with Crippen molar-refractivity contribution < 1.29 is 19.1 Å². The number of methoxy groups -OCH3 is 1. The van der Waals surface area contributed by atoms with Crippen molar-refractivity contribution in [3.05, 3.63) is 101 Å². The summed E-state index contributed by atoms with van der Waals surface area (Å²) in [5.41, 5.74) is 2.82. The summed E-state index contributed by atoms with van der Waals surface area (Å²) in [5.74, 6) is -0.353. The van der Waals surface area contributed by atoms with Crippen molar-refractivity contribution >= 4 is 11.8 Å². The first kappa shape index (κ1) is 18.4. The average molecular weight is 360 g/mol. The number of hydrogen-bond donors (Lipinski definition) is 0. The molecule has 0 radical (unpaired) electrons. The largest absolute Gasteiger partial charge is 0.496 e. The Morgan fingerprint density at radius 3 is 2.15 bits per heavy atom. The number of carbonyl (C=O) groups excluding carboxylic acids is 2. The number of rotatable bonds is 7. The molecule has 0 saturated heterocycles. The number of Topliss-reactive ketones (excluding diaryl/α,β-unsaturated/α-hetero) is 1. The second-order valence-corrected chi connectivity index (χ2v) is 6.02. The Hall–Kier alpha value is -3.40. The third kappa shape index (κ3) is 4.61. The van der Waals surface area contributed by atoms with E-state index in [0.717, 1.165) is 11.1 Å². The number of hydrogen-bond acceptors (Lipinski definition) is 4. The summed E-state index contributed by atoms with van der Waals surface area (Å²) in [7, 11) is 1.50. The number of esters is 1. The smallest absolute Gasteiger partial charge is 0.338 e. The maximum Gasteiger partial charge on any atom is 0.338 e. The Balaban J connectivity index is 1.71. The lowest BCUT2D eigenvalue weighted by atomic mass is 10.00. The van der Waals surface area contributed by atoms with Crippen molar-refractivity contribution in [3.63, 3.8) is 0 Å². The van der Waals surface area contributed by atoms with E-state index in [2.05, 4.69) is 0 Å². The molecule has 0 bridgehead atoms. The second kappa shape index (κ2) is 8.81. The van der Waals surface area contributed by atoms with Crippen LogP contribution in [0, 0.1) is 0 Å². The van der Waals surface area contributed by atoms with Crippen LogP contribution in [0.3, 0.4) is 0 Å². The van der Waals surface area contributed by atoms with Crippen molar-refractivity contribution in [1.29, 1.82) is 0 Å². The number of carbonyl (C=O) groups is 2. The molecule has 0 aromatic heterocycles. The van der Waals surface area contributed by atoms with Gasteiger partial charge in [-0.05, 0) is 35.7 Å². The summed E-state index contributed by atoms with van der Waals surface area (Å²) >= 11 is 0. The van der Waals surface area contributed by atoms with Gasteiger partial charge in [-0.1, -0.05) is 60.7 Å². The van der Waals surface area contributed by atoms with E-state index in [0.29, 0.717) is 23.3 Å². The summed E-state index contributed by atoms with van der Waals surface area (Å²) in [5, 5.41) is 0. The Morgan fingerprint density at radius 2 is 1.41 bits per heavy atom. The van der Waals surface area contributed by atoms with Crippen LogP contribution in [-0.4, -0.2) is 25.5 Å². The Kier molecular flexibility index (Phi) is 6.00. The zero-order valence-electron chi connectivity index (χ0n) is 15.1. The molecule has 4 heteroatoms. The zero-order valence-corrected chi connectivity index (χ0v) is 15.1. The summed E-state index contributed by atoms with van der Waals surface area (Å²) in [6.07, 6.45) is 0.618. The highest BCUT2D eigenvalue weighted by atomic mass is 16.5. The molecule has 0 N–H and O–H groups in total. The first-order chi connectivity index (χ1) is 13.2. The number of para-hydroxylation sites is 1. The predicted molar refractivity (Wildman–Crippen MR) is 103 cm³/mol. The quantitative estimate of drug-likeness (QED) is 0.465. The number of ether oxygens (including phenoxy) is 2. The molecule has 0 heterocycles. The van der Waals surface area contributed by atoms with Crippen molar-refractivity contribution in [2.24, 2.45) is 0 Å². The Bertz CT molecular complexity index is 932. The highest BCUT2D eigenvalue weighted by Gasteiger charge is 2.17. The molecule has 0 aliphatic heterocycles. The fraction of sp³-hybridized carbons (Fsp3) is 0.130. The van der Waals surface area contributed by atoms with E-state index in [1.54, 1.807) is 36.4 Å². The van der Waals surface area contributed by atoms with E-state index in [1.165, 1.54) is 7.11 Å². The second-order valence-electron chi connectivity index (χ2n) is 6.02. The van der Waals surface area contributed by atoms with E-state index >= 15 is 0 Å². The lowest BCUT2D eigenvalue weighted by Crippen LogP contribution is -2.16.